The van der Waals surface area contributed by atoms with Crippen LogP contribution in [0.1, 0.15) is 4.88 Å². The summed E-state index contributed by atoms with van der Waals surface area (Å²) in [5.41, 5.74) is 0. The summed E-state index contributed by atoms with van der Waals surface area (Å²) in [6, 6.07) is 18.6. The van der Waals surface area contributed by atoms with Crippen LogP contribution in [0, 0.1) is 0 Å². The Kier molecular flexibility index (Phi) is 6.04. The Balaban J connectivity index is 1.21. The number of benzene rings is 2. The molecule has 0 saturated carbocycles. The van der Waals surface area contributed by atoms with E-state index in [-0.39, 0.29) is 0 Å². The number of fused-ring (bicyclic) bond motifs is 1. The lowest BCUT2D eigenvalue weighted by atomic mass is 10.1. The van der Waals surface area contributed by atoms with E-state index in [1.807, 2.05) is 35.6 Å². The Morgan fingerprint density at radius 3 is 2.48 bits per heavy atom. The van der Waals surface area contributed by atoms with Gasteiger partial charge in [-0.15, -0.1) is 11.3 Å². The maximum Gasteiger partial charge on any atom is 0.120 e. The van der Waals surface area contributed by atoms with Gasteiger partial charge < -0.3 is 9.84 Å². The normalized spacial score (nSPS) is 17.2. The molecule has 4 rings (SSSR count). The van der Waals surface area contributed by atoms with Crippen LogP contribution in [0.5, 0.6) is 5.75 Å². The van der Waals surface area contributed by atoms with Gasteiger partial charge in [0.05, 0.1) is 0 Å². The monoisotopic (exact) mass is 382 g/mol. The van der Waals surface area contributed by atoms with Crippen LogP contribution in [0.15, 0.2) is 60.0 Å². The third kappa shape index (κ3) is 5.08. The highest BCUT2D eigenvalue weighted by Gasteiger charge is 2.19. The number of ether oxygens (including phenoxy) is 1. The topological polar surface area (TPSA) is 35.9 Å². The van der Waals surface area contributed by atoms with Crippen molar-refractivity contribution in [3.63, 3.8) is 0 Å². The first-order chi connectivity index (χ1) is 13.3. The average molecular weight is 383 g/mol. The van der Waals surface area contributed by atoms with Crippen LogP contribution in [-0.2, 0) is 6.54 Å². The van der Waals surface area contributed by atoms with Crippen LogP contribution in [0.25, 0.3) is 10.8 Å². The van der Waals surface area contributed by atoms with Gasteiger partial charge in [-0.05, 0) is 34.4 Å². The number of piperazine rings is 1. The first kappa shape index (κ1) is 18.4. The summed E-state index contributed by atoms with van der Waals surface area (Å²) in [5, 5.41) is 14.9. The second-order valence-electron chi connectivity index (χ2n) is 7.13. The van der Waals surface area contributed by atoms with Gasteiger partial charge >= 0.3 is 0 Å². The minimum atomic E-state index is -0.472. The van der Waals surface area contributed by atoms with Gasteiger partial charge in [0, 0.05) is 44.1 Å². The van der Waals surface area contributed by atoms with Crippen LogP contribution < -0.4 is 4.74 Å². The predicted octanol–water partition coefficient (Wildman–Crippen LogP) is 3.46. The fourth-order valence-electron chi connectivity index (χ4n) is 3.55. The molecule has 0 unspecified atom stereocenters. The number of aliphatic hydroxyl groups is 1. The molecule has 1 saturated heterocycles. The highest BCUT2D eigenvalue weighted by Crippen LogP contribution is 2.20. The summed E-state index contributed by atoms with van der Waals surface area (Å²) < 4.78 is 5.82. The highest BCUT2D eigenvalue weighted by atomic mass is 32.1. The SMILES string of the molecule is O[C@@H](COc1ccc2ccccc2c1)CN1CCN(Cc2cccs2)CC1. The summed E-state index contributed by atoms with van der Waals surface area (Å²) >= 11 is 1.82. The van der Waals surface area contributed by atoms with Crippen molar-refractivity contribution in [2.75, 3.05) is 39.3 Å². The largest absolute Gasteiger partial charge is 0.491 e. The summed E-state index contributed by atoms with van der Waals surface area (Å²) in [6.07, 6.45) is -0.472. The molecule has 3 aromatic rings. The van der Waals surface area contributed by atoms with Gasteiger partial charge in [0.15, 0.2) is 0 Å². The Bertz CT molecular complexity index is 844. The number of β-amino-alcohol motifs (C(OH)–C–C–N with tert-alkyl or cyclic N) is 1. The van der Waals surface area contributed by atoms with E-state index in [2.05, 4.69) is 45.5 Å². The van der Waals surface area contributed by atoms with E-state index in [1.54, 1.807) is 0 Å². The van der Waals surface area contributed by atoms with Gasteiger partial charge in [0.2, 0.25) is 0 Å². The zero-order valence-electron chi connectivity index (χ0n) is 15.5. The van der Waals surface area contributed by atoms with E-state index < -0.39 is 6.10 Å². The van der Waals surface area contributed by atoms with Gasteiger partial charge in [-0.25, -0.2) is 0 Å². The van der Waals surface area contributed by atoms with Crippen LogP contribution in [0.2, 0.25) is 0 Å². The van der Waals surface area contributed by atoms with E-state index in [1.165, 1.54) is 10.3 Å². The zero-order valence-corrected chi connectivity index (χ0v) is 16.3. The van der Waals surface area contributed by atoms with E-state index >= 15 is 0 Å². The maximum absolute atomic E-state index is 10.4. The van der Waals surface area contributed by atoms with E-state index in [9.17, 15) is 5.11 Å². The fraction of sp³-hybridized carbons (Fsp3) is 0.364. The molecule has 0 radical (unpaired) electrons. The highest BCUT2D eigenvalue weighted by molar-refractivity contribution is 7.09. The number of rotatable bonds is 7. The molecule has 27 heavy (non-hydrogen) atoms. The van der Waals surface area contributed by atoms with Crippen molar-refractivity contribution in [1.82, 2.24) is 9.80 Å². The van der Waals surface area contributed by atoms with Crippen LogP contribution in [-0.4, -0.2) is 60.3 Å². The van der Waals surface area contributed by atoms with Crippen LogP contribution in [0.4, 0.5) is 0 Å². The minimum Gasteiger partial charge on any atom is -0.491 e. The number of thiophene rings is 1. The smallest absolute Gasteiger partial charge is 0.120 e. The molecule has 2 aromatic carbocycles. The molecular formula is C22H26N2O2S. The van der Waals surface area contributed by atoms with Crippen molar-refractivity contribution in [3.05, 3.63) is 64.9 Å². The fourth-order valence-corrected chi connectivity index (χ4v) is 4.30. The molecule has 1 aromatic heterocycles. The summed E-state index contributed by atoms with van der Waals surface area (Å²) in [5.74, 6) is 0.813. The van der Waals surface area contributed by atoms with Crippen molar-refractivity contribution in [2.45, 2.75) is 12.6 Å². The molecular weight excluding hydrogens is 356 g/mol. The van der Waals surface area contributed by atoms with Gasteiger partial charge in [-0.3, -0.25) is 9.80 Å². The van der Waals surface area contributed by atoms with E-state index in [0.29, 0.717) is 13.2 Å². The standard InChI is InChI=1S/C22H26N2O2S/c25-20(17-26-21-8-7-18-4-1-2-5-19(18)14-21)15-23-9-11-24(12-10-23)16-22-6-3-13-27-22/h1-8,13-14,20,25H,9-12,15-17H2/t20-/m1/s1. The maximum atomic E-state index is 10.4. The Hall–Kier alpha value is -1.92. The summed E-state index contributed by atoms with van der Waals surface area (Å²) in [7, 11) is 0. The van der Waals surface area contributed by atoms with Crippen molar-refractivity contribution >= 4 is 22.1 Å². The third-order valence-electron chi connectivity index (χ3n) is 5.06. The van der Waals surface area contributed by atoms with E-state index in [4.69, 9.17) is 4.74 Å². The number of aliphatic hydroxyl groups excluding tert-OH is 1. The average Bonchev–Trinajstić information content (AvgIpc) is 3.21. The molecule has 2 heterocycles. The molecule has 1 atom stereocenters. The molecule has 0 bridgehead atoms. The molecule has 1 aliphatic heterocycles. The van der Waals surface area contributed by atoms with Gasteiger partial charge in [0.25, 0.3) is 0 Å². The molecule has 5 heteroatoms. The van der Waals surface area contributed by atoms with Gasteiger partial charge in [-0.2, -0.15) is 0 Å². The number of nitrogens with zero attached hydrogens (tertiary/aromatic N) is 2. The van der Waals surface area contributed by atoms with Gasteiger partial charge in [-0.1, -0.05) is 36.4 Å². The Labute approximate surface area is 164 Å². The quantitative estimate of drug-likeness (QED) is 0.679. The molecule has 0 amide bonds. The first-order valence-corrected chi connectivity index (χ1v) is 10.4. The van der Waals surface area contributed by atoms with Crippen LogP contribution >= 0.6 is 11.3 Å². The minimum absolute atomic E-state index is 0.327. The lowest BCUT2D eigenvalue weighted by Gasteiger charge is -2.35. The predicted molar refractivity (Wildman–Crippen MR) is 111 cm³/mol. The van der Waals surface area contributed by atoms with Gasteiger partial charge in [0.1, 0.15) is 18.5 Å². The lowest BCUT2D eigenvalue weighted by molar-refractivity contribution is 0.0448. The Morgan fingerprint density at radius 2 is 1.70 bits per heavy atom. The number of hydrogen-bond donors (Lipinski definition) is 1. The van der Waals surface area contributed by atoms with Crippen LogP contribution in [0.3, 0.4) is 0 Å². The van der Waals surface area contributed by atoms with E-state index in [0.717, 1.165) is 43.9 Å². The first-order valence-electron chi connectivity index (χ1n) is 9.53. The van der Waals surface area contributed by atoms with Crippen molar-refractivity contribution < 1.29 is 9.84 Å². The lowest BCUT2D eigenvalue weighted by Crippen LogP contribution is -2.48. The summed E-state index contributed by atoms with van der Waals surface area (Å²) in [6.45, 7) is 6.14. The second kappa shape index (κ2) is 8.85. The van der Waals surface area contributed by atoms with Crippen molar-refractivity contribution in [1.29, 1.82) is 0 Å². The zero-order chi connectivity index (χ0) is 18.5. The molecule has 0 spiro atoms. The molecule has 142 valence electrons. The molecule has 0 aliphatic carbocycles. The second-order valence-corrected chi connectivity index (χ2v) is 8.16. The Morgan fingerprint density at radius 1 is 0.926 bits per heavy atom. The summed E-state index contributed by atoms with van der Waals surface area (Å²) in [4.78, 5) is 6.24. The van der Waals surface area contributed by atoms with Crippen molar-refractivity contribution in [2.24, 2.45) is 0 Å². The number of hydrogen-bond acceptors (Lipinski definition) is 5. The molecule has 1 N–H and O–H groups in total. The molecule has 1 aliphatic rings. The molecule has 4 nitrogen and oxygen atoms in total. The van der Waals surface area contributed by atoms with Crippen molar-refractivity contribution in [3.8, 4) is 5.75 Å². The third-order valence-corrected chi connectivity index (χ3v) is 5.92. The molecule has 1 fully saturated rings.